The second-order valence-corrected chi connectivity index (χ2v) is 5.76. The molecule has 0 atom stereocenters. The number of nitriles is 1. The smallest absolute Gasteiger partial charge is 0.321 e. The van der Waals surface area contributed by atoms with E-state index in [0.717, 1.165) is 7.11 Å². The van der Waals surface area contributed by atoms with Crippen LogP contribution in [0.5, 0.6) is 0 Å². The number of nitrogens with zero attached hydrogens (tertiary/aromatic N) is 3. The van der Waals surface area contributed by atoms with E-state index in [2.05, 4.69) is 4.74 Å². The zero-order valence-corrected chi connectivity index (χ0v) is 11.7. The summed E-state index contributed by atoms with van der Waals surface area (Å²) in [7, 11) is -3.62. The predicted molar refractivity (Wildman–Crippen MR) is 68.5 cm³/mol. The Morgan fingerprint density at radius 1 is 1.32 bits per heavy atom. The van der Waals surface area contributed by atoms with Crippen molar-refractivity contribution in [1.82, 2.24) is 0 Å². The number of hydrogen-bond acceptors (Lipinski definition) is 9. The maximum atomic E-state index is 12.0. The summed E-state index contributed by atoms with van der Waals surface area (Å²) in [5.41, 5.74) is -2.83. The van der Waals surface area contributed by atoms with Gasteiger partial charge in [-0.25, -0.2) is 8.42 Å². The number of carbonyl (C=O) groups excluding carboxylic acids is 1. The van der Waals surface area contributed by atoms with Gasteiger partial charge in [0.2, 0.25) is 0 Å². The molecule has 0 bridgehead atoms. The SMILES string of the molecule is COC(=O)CS(=O)(=O)c1cc([N+](=O)[O-])cc([N+](=O)[O-])c1C#N. The van der Waals surface area contributed by atoms with E-state index >= 15 is 0 Å². The van der Waals surface area contributed by atoms with Crippen molar-refractivity contribution >= 4 is 27.2 Å². The number of nitro benzene ring substituents is 2. The summed E-state index contributed by atoms with van der Waals surface area (Å²) in [4.78, 5) is 29.5. The lowest BCUT2D eigenvalue weighted by atomic mass is 10.2. The minimum absolute atomic E-state index is 0.468. The Kier molecular flexibility index (Phi) is 4.74. The molecular formula is C10H7N3O8S. The van der Waals surface area contributed by atoms with Crippen LogP contribution in [0.1, 0.15) is 5.56 Å². The number of ether oxygens (including phenoxy) is 1. The average molecular weight is 329 g/mol. The van der Waals surface area contributed by atoms with E-state index in [1.54, 1.807) is 0 Å². The number of rotatable bonds is 5. The van der Waals surface area contributed by atoms with Crippen molar-refractivity contribution < 1.29 is 27.8 Å². The number of esters is 1. The van der Waals surface area contributed by atoms with Crippen LogP contribution in [-0.2, 0) is 19.4 Å². The first-order chi connectivity index (χ1) is 10.1. The molecule has 0 spiro atoms. The first kappa shape index (κ1) is 17.0. The third kappa shape index (κ3) is 3.33. The van der Waals surface area contributed by atoms with E-state index in [-0.39, 0.29) is 0 Å². The highest BCUT2D eigenvalue weighted by molar-refractivity contribution is 7.92. The van der Waals surface area contributed by atoms with Gasteiger partial charge in [0.1, 0.15) is 11.6 Å². The number of non-ortho nitro benzene ring substituents is 1. The van der Waals surface area contributed by atoms with Gasteiger partial charge in [-0.1, -0.05) is 0 Å². The van der Waals surface area contributed by atoms with Crippen molar-refractivity contribution in [3.63, 3.8) is 0 Å². The van der Waals surface area contributed by atoms with Crippen LogP contribution in [-0.4, -0.2) is 37.1 Å². The molecule has 11 nitrogen and oxygen atoms in total. The number of sulfone groups is 1. The van der Waals surface area contributed by atoms with Crippen molar-refractivity contribution in [3.8, 4) is 6.07 Å². The Morgan fingerprint density at radius 2 is 1.91 bits per heavy atom. The third-order valence-electron chi connectivity index (χ3n) is 2.46. The lowest BCUT2D eigenvalue weighted by Gasteiger charge is -2.06. The molecule has 0 unspecified atom stereocenters. The largest absolute Gasteiger partial charge is 0.468 e. The highest BCUT2D eigenvalue weighted by Gasteiger charge is 2.32. The second kappa shape index (κ2) is 6.14. The first-order valence-corrected chi connectivity index (χ1v) is 6.95. The first-order valence-electron chi connectivity index (χ1n) is 5.30. The Hall–Kier alpha value is -3.07. The van der Waals surface area contributed by atoms with Gasteiger partial charge in [-0.2, -0.15) is 5.26 Å². The van der Waals surface area contributed by atoms with E-state index in [1.165, 1.54) is 6.07 Å². The number of methoxy groups -OCH3 is 1. The van der Waals surface area contributed by atoms with Gasteiger partial charge in [-0.15, -0.1) is 0 Å². The fourth-order valence-corrected chi connectivity index (χ4v) is 2.83. The lowest BCUT2D eigenvalue weighted by molar-refractivity contribution is -0.394. The standard InChI is InChI=1S/C10H7N3O8S/c1-21-10(14)5-22(19,20)9-3-6(12(15)16)2-8(13(17)18)7(9)4-11/h2-3H,5H2,1H3. The molecule has 0 aliphatic rings. The molecule has 1 rings (SSSR count). The van der Waals surface area contributed by atoms with Gasteiger partial charge < -0.3 is 4.74 Å². The van der Waals surface area contributed by atoms with Crippen LogP contribution in [0.2, 0.25) is 0 Å². The Labute approximate surface area is 122 Å². The lowest BCUT2D eigenvalue weighted by Crippen LogP contribution is -2.19. The zero-order valence-electron chi connectivity index (χ0n) is 10.9. The monoisotopic (exact) mass is 329 g/mol. The summed E-state index contributed by atoms with van der Waals surface area (Å²) in [6, 6.07) is 2.27. The van der Waals surface area contributed by atoms with Crippen LogP contribution < -0.4 is 0 Å². The van der Waals surface area contributed by atoms with Crippen LogP contribution in [0, 0.1) is 31.6 Å². The summed E-state index contributed by atoms with van der Waals surface area (Å²) in [6.45, 7) is 0. The van der Waals surface area contributed by atoms with E-state index in [9.17, 15) is 33.4 Å². The molecule has 22 heavy (non-hydrogen) atoms. The third-order valence-corrected chi connectivity index (χ3v) is 4.06. The zero-order chi connectivity index (χ0) is 17.1. The summed E-state index contributed by atoms with van der Waals surface area (Å²) in [6.07, 6.45) is 0. The average Bonchev–Trinajstić information content (AvgIpc) is 2.44. The topological polar surface area (TPSA) is 171 Å². The molecule has 0 aliphatic heterocycles. The maximum Gasteiger partial charge on any atom is 0.321 e. The second-order valence-electron chi connectivity index (χ2n) is 3.80. The molecule has 0 N–H and O–H groups in total. The molecule has 0 aromatic heterocycles. The fraction of sp³-hybridized carbons (Fsp3) is 0.200. The van der Waals surface area contributed by atoms with Crippen LogP contribution in [0.15, 0.2) is 17.0 Å². The molecule has 1 aromatic carbocycles. The van der Waals surface area contributed by atoms with Gasteiger partial charge in [0, 0.05) is 6.07 Å². The quantitative estimate of drug-likeness (QED) is 0.419. The van der Waals surface area contributed by atoms with Gasteiger partial charge >= 0.3 is 5.97 Å². The van der Waals surface area contributed by atoms with E-state index < -0.39 is 53.2 Å². The van der Waals surface area contributed by atoms with Gasteiger partial charge in [-0.05, 0) is 0 Å². The van der Waals surface area contributed by atoms with E-state index in [1.807, 2.05) is 0 Å². The molecule has 0 saturated carbocycles. The Balaban J connectivity index is 3.72. The Morgan fingerprint density at radius 3 is 2.32 bits per heavy atom. The summed E-state index contributed by atoms with van der Waals surface area (Å²) >= 11 is 0. The van der Waals surface area contributed by atoms with Gasteiger partial charge in [-0.3, -0.25) is 25.0 Å². The van der Waals surface area contributed by atoms with Crippen LogP contribution in [0.3, 0.4) is 0 Å². The number of nitro groups is 2. The molecule has 0 amide bonds. The minimum atomic E-state index is -4.53. The summed E-state index contributed by atoms with van der Waals surface area (Å²) < 4.78 is 28.2. The summed E-state index contributed by atoms with van der Waals surface area (Å²) in [5, 5.41) is 30.5. The molecule has 0 radical (unpaired) electrons. The van der Waals surface area contributed by atoms with Crippen LogP contribution in [0.25, 0.3) is 0 Å². The predicted octanol–water partition coefficient (Wildman–Crippen LogP) is 0.321. The van der Waals surface area contributed by atoms with Crippen molar-refractivity contribution in [2.45, 2.75) is 4.90 Å². The maximum absolute atomic E-state index is 12.0. The molecule has 0 saturated heterocycles. The fourth-order valence-electron chi connectivity index (χ4n) is 1.49. The Bertz CT molecular complexity index is 808. The van der Waals surface area contributed by atoms with Crippen LogP contribution in [0.4, 0.5) is 11.4 Å². The molecule has 0 aliphatic carbocycles. The number of hydrogen-bond donors (Lipinski definition) is 0. The molecular weight excluding hydrogens is 322 g/mol. The van der Waals surface area contributed by atoms with Gasteiger partial charge in [0.15, 0.2) is 15.6 Å². The van der Waals surface area contributed by atoms with Crippen molar-refractivity contribution in [2.24, 2.45) is 0 Å². The molecule has 0 heterocycles. The van der Waals surface area contributed by atoms with E-state index in [4.69, 9.17) is 5.26 Å². The van der Waals surface area contributed by atoms with Gasteiger partial charge in [0.05, 0.1) is 27.9 Å². The van der Waals surface area contributed by atoms with Crippen molar-refractivity contribution in [1.29, 1.82) is 5.26 Å². The molecule has 0 fully saturated rings. The van der Waals surface area contributed by atoms with Crippen molar-refractivity contribution in [2.75, 3.05) is 12.9 Å². The normalized spacial score (nSPS) is 10.5. The van der Waals surface area contributed by atoms with Crippen LogP contribution >= 0.6 is 0 Å². The van der Waals surface area contributed by atoms with E-state index in [0.29, 0.717) is 12.1 Å². The van der Waals surface area contributed by atoms with Crippen molar-refractivity contribution in [3.05, 3.63) is 37.9 Å². The highest BCUT2D eigenvalue weighted by atomic mass is 32.2. The molecule has 12 heteroatoms. The number of benzene rings is 1. The minimum Gasteiger partial charge on any atom is -0.468 e. The summed E-state index contributed by atoms with van der Waals surface area (Å²) in [5.74, 6) is -2.39. The van der Waals surface area contributed by atoms with Gasteiger partial charge in [0.25, 0.3) is 11.4 Å². The molecule has 116 valence electrons. The number of carbonyl (C=O) groups is 1. The highest BCUT2D eigenvalue weighted by Crippen LogP contribution is 2.31. The molecule has 1 aromatic rings.